The third-order valence-corrected chi connectivity index (χ3v) is 9.42. The lowest BCUT2D eigenvalue weighted by molar-refractivity contribution is 0.947. The highest BCUT2D eigenvalue weighted by atomic mass is 15.1. The van der Waals surface area contributed by atoms with E-state index in [1.807, 2.05) is 12.2 Å². The van der Waals surface area contributed by atoms with Gasteiger partial charge in [-0.15, -0.1) is 13.2 Å². The summed E-state index contributed by atoms with van der Waals surface area (Å²) < 4.78 is 0. The average molecular weight is 645 g/mol. The highest BCUT2D eigenvalue weighted by Gasteiger charge is 2.23. The van der Waals surface area contributed by atoms with E-state index in [2.05, 4.69) is 181 Å². The zero-order valence-corrected chi connectivity index (χ0v) is 30.6. The van der Waals surface area contributed by atoms with Crippen molar-refractivity contribution in [3.63, 3.8) is 0 Å². The molecule has 49 heavy (non-hydrogen) atoms. The van der Waals surface area contributed by atoms with Crippen molar-refractivity contribution in [1.29, 1.82) is 0 Å². The van der Waals surface area contributed by atoms with E-state index < -0.39 is 0 Å². The molecule has 5 rings (SSSR count). The molecular weight excluding hydrogens is 593 g/mol. The average Bonchev–Trinajstić information content (AvgIpc) is 3.07. The first-order valence-electron chi connectivity index (χ1n) is 17.5. The van der Waals surface area contributed by atoms with Crippen molar-refractivity contribution < 1.29 is 0 Å². The predicted octanol–water partition coefficient (Wildman–Crippen LogP) is 12.7. The molecule has 0 unspecified atom stereocenters. The van der Waals surface area contributed by atoms with Crippen LogP contribution in [0.3, 0.4) is 0 Å². The molecule has 0 bridgehead atoms. The minimum Gasteiger partial charge on any atom is -0.337 e. The Kier molecular flexibility index (Phi) is 11.4. The Bertz CT molecular complexity index is 1770. The third-order valence-electron chi connectivity index (χ3n) is 9.42. The lowest BCUT2D eigenvalue weighted by atomic mass is 9.81. The van der Waals surface area contributed by atoms with Crippen LogP contribution in [0.25, 0.3) is 0 Å². The summed E-state index contributed by atoms with van der Waals surface area (Å²) in [6, 6.07) is 27.5. The van der Waals surface area contributed by atoms with Crippen molar-refractivity contribution >= 4 is 22.7 Å². The van der Waals surface area contributed by atoms with Gasteiger partial charge in [-0.25, -0.2) is 0 Å². The van der Waals surface area contributed by atoms with Gasteiger partial charge in [0.15, 0.2) is 0 Å². The quantitative estimate of drug-likeness (QED) is 0.142. The van der Waals surface area contributed by atoms with Crippen LogP contribution in [0.5, 0.6) is 0 Å². The van der Waals surface area contributed by atoms with Crippen LogP contribution in [0.2, 0.25) is 0 Å². The minimum absolute atomic E-state index is 0.0665. The van der Waals surface area contributed by atoms with Gasteiger partial charge in [0.25, 0.3) is 0 Å². The maximum Gasteiger partial charge on any atom is 0.0473 e. The monoisotopic (exact) mass is 644 g/mol. The lowest BCUT2D eigenvalue weighted by Gasteiger charge is -2.29. The third kappa shape index (κ3) is 7.81. The van der Waals surface area contributed by atoms with Gasteiger partial charge in [0.2, 0.25) is 0 Å². The molecule has 250 valence electrons. The number of aryl methyl sites for hydroxylation is 6. The first kappa shape index (κ1) is 35.2. The molecule has 1 aliphatic rings. The fourth-order valence-electron chi connectivity index (χ4n) is 7.65. The molecule has 0 radical (unpaired) electrons. The Labute approximate surface area is 295 Å². The number of anilines is 4. The van der Waals surface area contributed by atoms with Gasteiger partial charge in [0, 0.05) is 41.8 Å². The highest BCUT2D eigenvalue weighted by Crippen LogP contribution is 2.40. The van der Waals surface area contributed by atoms with Crippen LogP contribution in [0.1, 0.15) is 63.8 Å². The summed E-state index contributed by atoms with van der Waals surface area (Å²) in [5.41, 5.74) is 17.7. The Balaban J connectivity index is 1.61. The van der Waals surface area contributed by atoms with Gasteiger partial charge in [-0.3, -0.25) is 0 Å². The maximum atomic E-state index is 4.10. The summed E-state index contributed by atoms with van der Waals surface area (Å²) in [6.45, 7) is 24.9. The number of benzene rings is 4. The molecule has 2 heteroatoms. The fraction of sp³-hybridized carbons (Fsp3) is 0.234. The number of hydrogen-bond acceptors (Lipinski definition) is 2. The van der Waals surface area contributed by atoms with Gasteiger partial charge in [-0.2, -0.15) is 0 Å². The highest BCUT2D eigenvalue weighted by molar-refractivity contribution is 5.72. The van der Waals surface area contributed by atoms with Gasteiger partial charge < -0.3 is 9.80 Å². The molecule has 4 aromatic rings. The van der Waals surface area contributed by atoms with E-state index >= 15 is 0 Å². The molecule has 4 aromatic carbocycles. The van der Waals surface area contributed by atoms with Crippen LogP contribution in [-0.2, 0) is 0 Å². The van der Waals surface area contributed by atoms with Crippen LogP contribution in [-0.4, -0.2) is 13.1 Å². The zero-order chi connectivity index (χ0) is 35.1. The molecule has 0 spiro atoms. The van der Waals surface area contributed by atoms with Crippen molar-refractivity contribution in [3.8, 4) is 0 Å². The van der Waals surface area contributed by atoms with Gasteiger partial charge in [0.1, 0.15) is 0 Å². The molecule has 2 nitrogen and oxygen atoms in total. The van der Waals surface area contributed by atoms with Crippen molar-refractivity contribution in [2.45, 2.75) is 60.8 Å². The van der Waals surface area contributed by atoms with Crippen molar-refractivity contribution in [2.75, 3.05) is 22.9 Å². The van der Waals surface area contributed by atoms with Crippen molar-refractivity contribution in [3.05, 3.63) is 190 Å². The van der Waals surface area contributed by atoms with Gasteiger partial charge in [0.05, 0.1) is 0 Å². The number of allylic oxidation sites excluding steroid dienone is 8. The van der Waals surface area contributed by atoms with Crippen LogP contribution >= 0.6 is 0 Å². The van der Waals surface area contributed by atoms with E-state index in [-0.39, 0.29) is 5.92 Å². The number of rotatable bonds is 12. The molecular formula is C47H52N2. The second-order valence-electron chi connectivity index (χ2n) is 13.4. The van der Waals surface area contributed by atoms with E-state index in [1.165, 1.54) is 67.0 Å². The van der Waals surface area contributed by atoms with E-state index in [0.717, 1.165) is 30.9 Å². The van der Waals surface area contributed by atoms with Crippen LogP contribution in [0.15, 0.2) is 146 Å². The van der Waals surface area contributed by atoms with Crippen molar-refractivity contribution in [1.82, 2.24) is 0 Å². The molecule has 0 saturated heterocycles. The van der Waals surface area contributed by atoms with Crippen LogP contribution < -0.4 is 9.80 Å². The molecule has 0 aromatic heterocycles. The van der Waals surface area contributed by atoms with Crippen molar-refractivity contribution in [2.24, 2.45) is 0 Å². The first-order valence-corrected chi connectivity index (χ1v) is 17.5. The SMILES string of the molecule is C=CCN(c1ccc(C(C(/C=C\C)=C2\C=CC=CC2)c2ccc(N(CC=C)c3c(C)cc(C)cc3C)cc2)cc1)c1c(C)cc(C)cc1C. The largest absolute Gasteiger partial charge is 0.337 e. The summed E-state index contributed by atoms with van der Waals surface area (Å²) in [5, 5.41) is 0. The minimum atomic E-state index is 0.0665. The maximum absolute atomic E-state index is 4.10. The molecule has 0 N–H and O–H groups in total. The second kappa shape index (κ2) is 15.9. The predicted molar refractivity (Wildman–Crippen MR) is 215 cm³/mol. The standard InChI is InChI=1S/C47H52N2/c1-10-16-44(39-17-14-13-15-18-39)45(40-19-23-42(24-20-40)48(27-11-2)46-35(6)29-33(4)30-36(46)7)41-21-25-43(26-22-41)49(28-12-3)47-37(8)31-34(5)32-38(47)9/h10-17,19-26,29-32,45H,2-3,18,27-28H2,1,4-9H3/b16-10-,44-39+. The molecule has 1 aliphatic carbocycles. The molecule has 0 aliphatic heterocycles. The molecule has 0 saturated carbocycles. The topological polar surface area (TPSA) is 6.48 Å². The number of hydrogen-bond donors (Lipinski definition) is 0. The summed E-state index contributed by atoms with van der Waals surface area (Å²) in [6.07, 6.45) is 18.2. The van der Waals surface area contributed by atoms with Gasteiger partial charge in [-0.1, -0.05) is 108 Å². The Morgan fingerprint density at radius 2 is 1.08 bits per heavy atom. The Hall–Kier alpha value is -5.08. The van der Waals surface area contributed by atoms with E-state index in [1.54, 1.807) is 0 Å². The summed E-state index contributed by atoms with van der Waals surface area (Å²) in [4.78, 5) is 4.77. The first-order chi connectivity index (χ1) is 23.7. The molecule has 0 heterocycles. The zero-order valence-electron chi connectivity index (χ0n) is 30.6. The molecule has 0 atom stereocenters. The lowest BCUT2D eigenvalue weighted by Crippen LogP contribution is -2.19. The fourth-order valence-corrected chi connectivity index (χ4v) is 7.65. The molecule has 0 fully saturated rings. The van der Waals surface area contributed by atoms with Crippen LogP contribution in [0, 0.1) is 41.5 Å². The second-order valence-corrected chi connectivity index (χ2v) is 13.4. The summed E-state index contributed by atoms with van der Waals surface area (Å²) in [5.74, 6) is 0.0665. The normalized spacial score (nSPS) is 13.6. The van der Waals surface area contributed by atoms with E-state index in [0.29, 0.717) is 0 Å². The molecule has 0 amide bonds. The Morgan fingerprint density at radius 3 is 1.43 bits per heavy atom. The van der Waals surface area contributed by atoms with Gasteiger partial charge in [-0.05, 0) is 124 Å². The van der Waals surface area contributed by atoms with E-state index in [4.69, 9.17) is 0 Å². The summed E-state index contributed by atoms with van der Waals surface area (Å²) in [7, 11) is 0. The van der Waals surface area contributed by atoms with Crippen LogP contribution in [0.4, 0.5) is 22.7 Å². The van der Waals surface area contributed by atoms with E-state index in [9.17, 15) is 0 Å². The smallest absolute Gasteiger partial charge is 0.0473 e. The Morgan fingerprint density at radius 1 is 0.653 bits per heavy atom. The van der Waals surface area contributed by atoms with Gasteiger partial charge >= 0.3 is 0 Å². The number of nitrogens with zero attached hydrogens (tertiary/aromatic N) is 2. The summed E-state index contributed by atoms with van der Waals surface area (Å²) >= 11 is 0.